The average Bonchev–Trinajstić information content (AvgIpc) is 2.16. The van der Waals surface area contributed by atoms with E-state index < -0.39 is 0 Å². The third-order valence-corrected chi connectivity index (χ3v) is 2.38. The molecule has 0 aliphatic rings. The van der Waals surface area contributed by atoms with Crippen molar-refractivity contribution in [3.05, 3.63) is 30.1 Å². The second-order valence-electron chi connectivity index (χ2n) is 4.71. The number of aromatic nitrogens is 2. The predicted octanol–water partition coefficient (Wildman–Crippen LogP) is 2.51. The maximum absolute atomic E-state index is 5.87. The van der Waals surface area contributed by atoms with Crippen molar-refractivity contribution in [3.8, 4) is 0 Å². The molecule has 2 rings (SSSR count). The van der Waals surface area contributed by atoms with Crippen molar-refractivity contribution in [2.75, 3.05) is 5.73 Å². The molecule has 0 radical (unpaired) electrons. The van der Waals surface area contributed by atoms with Crippen LogP contribution in [0.2, 0.25) is 0 Å². The summed E-state index contributed by atoms with van der Waals surface area (Å²) in [6, 6.07) is 5.76. The molecule has 0 aliphatic carbocycles. The number of hydrogen-bond donors (Lipinski definition) is 1. The minimum absolute atomic E-state index is 0.0382. The van der Waals surface area contributed by atoms with E-state index >= 15 is 0 Å². The van der Waals surface area contributed by atoms with E-state index in [4.69, 9.17) is 5.73 Å². The van der Waals surface area contributed by atoms with E-state index in [2.05, 4.69) is 30.7 Å². The number of anilines is 1. The summed E-state index contributed by atoms with van der Waals surface area (Å²) in [5.41, 5.74) is 9.27. The average molecular weight is 201 g/mol. The molecule has 0 aromatic carbocycles. The molecule has 2 heterocycles. The van der Waals surface area contributed by atoms with E-state index in [1.165, 1.54) is 0 Å². The molecule has 0 unspecified atom stereocenters. The Labute approximate surface area is 89.4 Å². The number of rotatable bonds is 0. The molecule has 0 amide bonds. The van der Waals surface area contributed by atoms with Gasteiger partial charge in [0.15, 0.2) is 0 Å². The summed E-state index contributed by atoms with van der Waals surface area (Å²) in [6.45, 7) is 6.40. The van der Waals surface area contributed by atoms with Crippen LogP contribution < -0.4 is 5.73 Å². The van der Waals surface area contributed by atoms with Gasteiger partial charge in [-0.25, -0.2) is 4.98 Å². The molecule has 0 fully saturated rings. The van der Waals surface area contributed by atoms with Crippen LogP contribution in [-0.4, -0.2) is 9.97 Å². The second-order valence-corrected chi connectivity index (χ2v) is 4.71. The van der Waals surface area contributed by atoms with Crippen molar-refractivity contribution in [1.82, 2.24) is 9.97 Å². The fourth-order valence-electron chi connectivity index (χ4n) is 1.46. The molecule has 0 saturated carbocycles. The molecule has 2 aromatic rings. The normalized spacial score (nSPS) is 11.9. The van der Waals surface area contributed by atoms with Gasteiger partial charge in [-0.1, -0.05) is 20.8 Å². The molecule has 0 bridgehead atoms. The first-order valence-corrected chi connectivity index (χ1v) is 5.00. The lowest BCUT2D eigenvalue weighted by molar-refractivity contribution is 0.571. The van der Waals surface area contributed by atoms with E-state index in [-0.39, 0.29) is 5.41 Å². The van der Waals surface area contributed by atoms with Crippen LogP contribution in [0, 0.1) is 0 Å². The van der Waals surface area contributed by atoms with Crippen molar-refractivity contribution in [2.24, 2.45) is 0 Å². The SMILES string of the molecule is CC(C)(C)c1ccc2nccc(N)c2n1. The molecule has 2 aromatic heterocycles. The molecule has 0 aliphatic heterocycles. The summed E-state index contributed by atoms with van der Waals surface area (Å²) in [4.78, 5) is 8.78. The van der Waals surface area contributed by atoms with Gasteiger partial charge in [0.1, 0.15) is 5.52 Å². The zero-order chi connectivity index (χ0) is 11.1. The Morgan fingerprint density at radius 1 is 1.13 bits per heavy atom. The number of hydrogen-bond acceptors (Lipinski definition) is 3. The Kier molecular flexibility index (Phi) is 2.11. The van der Waals surface area contributed by atoms with Crippen molar-refractivity contribution in [1.29, 1.82) is 0 Å². The second kappa shape index (κ2) is 3.19. The summed E-state index contributed by atoms with van der Waals surface area (Å²) in [5.74, 6) is 0. The van der Waals surface area contributed by atoms with Gasteiger partial charge in [-0.3, -0.25) is 4.98 Å². The van der Waals surface area contributed by atoms with Crippen LogP contribution in [0.3, 0.4) is 0 Å². The Morgan fingerprint density at radius 3 is 2.53 bits per heavy atom. The van der Waals surface area contributed by atoms with Gasteiger partial charge >= 0.3 is 0 Å². The van der Waals surface area contributed by atoms with Crippen molar-refractivity contribution in [2.45, 2.75) is 26.2 Å². The van der Waals surface area contributed by atoms with Crippen LogP contribution in [0.5, 0.6) is 0 Å². The fraction of sp³-hybridized carbons (Fsp3) is 0.333. The Balaban J connectivity index is 2.70. The van der Waals surface area contributed by atoms with E-state index in [1.807, 2.05) is 12.1 Å². The minimum atomic E-state index is 0.0382. The fourth-order valence-corrected chi connectivity index (χ4v) is 1.46. The highest BCUT2D eigenvalue weighted by Gasteiger charge is 2.16. The summed E-state index contributed by atoms with van der Waals surface area (Å²) < 4.78 is 0. The smallest absolute Gasteiger partial charge is 0.112 e. The Morgan fingerprint density at radius 2 is 1.87 bits per heavy atom. The molecular weight excluding hydrogens is 186 g/mol. The highest BCUT2D eigenvalue weighted by molar-refractivity contribution is 5.85. The molecule has 2 N–H and O–H groups in total. The zero-order valence-electron chi connectivity index (χ0n) is 9.28. The van der Waals surface area contributed by atoms with Crippen LogP contribution >= 0.6 is 0 Å². The van der Waals surface area contributed by atoms with Crippen LogP contribution in [0.25, 0.3) is 11.0 Å². The van der Waals surface area contributed by atoms with E-state index in [0.29, 0.717) is 5.69 Å². The van der Waals surface area contributed by atoms with Crippen LogP contribution in [-0.2, 0) is 5.41 Å². The van der Waals surface area contributed by atoms with Gasteiger partial charge < -0.3 is 5.73 Å². The van der Waals surface area contributed by atoms with Crippen molar-refractivity contribution in [3.63, 3.8) is 0 Å². The van der Waals surface area contributed by atoms with Gasteiger partial charge in [-0.2, -0.15) is 0 Å². The number of fused-ring (bicyclic) bond motifs is 1. The summed E-state index contributed by atoms with van der Waals surface area (Å²) >= 11 is 0. The van der Waals surface area contributed by atoms with E-state index in [9.17, 15) is 0 Å². The van der Waals surface area contributed by atoms with Crippen LogP contribution in [0.15, 0.2) is 24.4 Å². The van der Waals surface area contributed by atoms with E-state index in [1.54, 1.807) is 12.3 Å². The maximum atomic E-state index is 5.87. The third kappa shape index (κ3) is 1.77. The molecule has 3 heteroatoms. The number of nitrogens with zero attached hydrogens (tertiary/aromatic N) is 2. The largest absolute Gasteiger partial charge is 0.397 e. The molecule has 0 spiro atoms. The third-order valence-electron chi connectivity index (χ3n) is 2.38. The zero-order valence-corrected chi connectivity index (χ0v) is 9.28. The number of pyridine rings is 2. The Bertz CT molecular complexity index is 498. The number of nitrogen functional groups attached to an aromatic ring is 1. The van der Waals surface area contributed by atoms with Crippen LogP contribution in [0.1, 0.15) is 26.5 Å². The van der Waals surface area contributed by atoms with Gasteiger partial charge in [0.25, 0.3) is 0 Å². The molecule has 15 heavy (non-hydrogen) atoms. The van der Waals surface area contributed by atoms with Crippen molar-refractivity contribution < 1.29 is 0 Å². The lowest BCUT2D eigenvalue weighted by atomic mass is 9.91. The first-order chi connectivity index (χ1) is 6.98. The molecule has 78 valence electrons. The summed E-state index contributed by atoms with van der Waals surface area (Å²) in [5, 5.41) is 0. The Hall–Kier alpha value is -1.64. The quantitative estimate of drug-likeness (QED) is 0.712. The van der Waals surface area contributed by atoms with Crippen molar-refractivity contribution >= 4 is 16.7 Å². The number of nitrogens with two attached hydrogens (primary N) is 1. The first kappa shape index (κ1) is 9.90. The lowest BCUT2D eigenvalue weighted by Crippen LogP contribution is -2.13. The van der Waals surface area contributed by atoms with Gasteiger partial charge in [-0.05, 0) is 18.2 Å². The first-order valence-electron chi connectivity index (χ1n) is 5.00. The van der Waals surface area contributed by atoms with Crippen LogP contribution in [0.4, 0.5) is 5.69 Å². The predicted molar refractivity (Wildman–Crippen MR) is 62.7 cm³/mol. The van der Waals surface area contributed by atoms with Gasteiger partial charge in [0.2, 0.25) is 0 Å². The monoisotopic (exact) mass is 201 g/mol. The lowest BCUT2D eigenvalue weighted by Gasteiger charge is -2.18. The molecule has 0 saturated heterocycles. The van der Waals surface area contributed by atoms with Gasteiger partial charge in [-0.15, -0.1) is 0 Å². The van der Waals surface area contributed by atoms with E-state index in [0.717, 1.165) is 16.7 Å². The standard InChI is InChI=1S/C12H15N3/c1-12(2,3)10-5-4-9-11(15-10)8(13)6-7-14-9/h4-7H,1-3H3,(H2,13,14). The van der Waals surface area contributed by atoms with Gasteiger partial charge in [0.05, 0.1) is 11.2 Å². The summed E-state index contributed by atoms with van der Waals surface area (Å²) in [6.07, 6.45) is 1.70. The highest BCUT2D eigenvalue weighted by Crippen LogP contribution is 2.24. The molecular formula is C12H15N3. The molecule has 3 nitrogen and oxygen atoms in total. The summed E-state index contributed by atoms with van der Waals surface area (Å²) in [7, 11) is 0. The minimum Gasteiger partial charge on any atom is -0.397 e. The van der Waals surface area contributed by atoms with Gasteiger partial charge in [0, 0.05) is 17.3 Å². The topological polar surface area (TPSA) is 51.8 Å². The molecule has 0 atom stereocenters. The highest BCUT2D eigenvalue weighted by atomic mass is 14.8. The maximum Gasteiger partial charge on any atom is 0.112 e.